The van der Waals surface area contributed by atoms with E-state index < -0.39 is 0 Å². The van der Waals surface area contributed by atoms with Gasteiger partial charge < -0.3 is 9.47 Å². The van der Waals surface area contributed by atoms with E-state index in [2.05, 4.69) is 5.92 Å². The lowest BCUT2D eigenvalue weighted by molar-refractivity contribution is 0.101. The van der Waals surface area contributed by atoms with Crippen LogP contribution in [-0.2, 0) is 6.61 Å². The van der Waals surface area contributed by atoms with Gasteiger partial charge in [-0.3, -0.25) is 9.69 Å². The van der Waals surface area contributed by atoms with Gasteiger partial charge in [-0.05, 0) is 56.8 Å². The number of nitrogens with zero attached hydrogens (tertiary/aromatic N) is 1. The van der Waals surface area contributed by atoms with Crippen molar-refractivity contribution in [2.24, 2.45) is 0 Å². The maximum atomic E-state index is 12.0. The molecule has 0 amide bonds. The van der Waals surface area contributed by atoms with Crippen LogP contribution in [0, 0.1) is 12.3 Å². The van der Waals surface area contributed by atoms with Crippen LogP contribution in [-0.4, -0.2) is 36.9 Å². The first-order chi connectivity index (χ1) is 12.9. The molecule has 0 fully saturated rings. The maximum absolute atomic E-state index is 12.0. The monoisotopic (exact) mass is 385 g/mol. The lowest BCUT2D eigenvalue weighted by Gasteiger charge is -2.22. The Morgan fingerprint density at radius 2 is 2.04 bits per heavy atom. The molecule has 1 atom stereocenters. The summed E-state index contributed by atoms with van der Waals surface area (Å²) in [6.07, 6.45) is 5.33. The van der Waals surface area contributed by atoms with Crippen LogP contribution in [0.3, 0.4) is 0 Å². The molecule has 0 heterocycles. The predicted octanol–water partition coefficient (Wildman–Crippen LogP) is 4.45. The van der Waals surface area contributed by atoms with Gasteiger partial charge in [-0.25, -0.2) is 0 Å². The van der Waals surface area contributed by atoms with Crippen molar-refractivity contribution >= 4 is 17.4 Å². The number of rotatable bonds is 9. The summed E-state index contributed by atoms with van der Waals surface area (Å²) in [5.74, 6) is 3.67. The highest BCUT2D eigenvalue weighted by Gasteiger charge is 2.13. The largest absolute Gasteiger partial charge is 0.492 e. The molecule has 1 unspecified atom stereocenters. The first kappa shape index (κ1) is 20.8. The summed E-state index contributed by atoms with van der Waals surface area (Å²) in [6.45, 7) is 4.90. The molecule has 0 aliphatic carbocycles. The average Bonchev–Trinajstić information content (AvgIpc) is 2.64. The standard InChI is InChI=1S/C22H24ClNO3/c1-5-11-24(4)16(2)14-26-20-9-10-22(21(13-20)17(3)25)27-15-18-7-6-8-19(23)12-18/h1,6-10,12-13,16H,11,14-15H2,2-4H3. The van der Waals surface area contributed by atoms with Crippen LogP contribution in [0.2, 0.25) is 5.02 Å². The quantitative estimate of drug-likeness (QED) is 0.472. The van der Waals surface area contributed by atoms with E-state index >= 15 is 0 Å². The van der Waals surface area contributed by atoms with Crippen LogP contribution in [0.5, 0.6) is 11.5 Å². The molecule has 4 nitrogen and oxygen atoms in total. The van der Waals surface area contributed by atoms with E-state index in [4.69, 9.17) is 27.5 Å². The predicted molar refractivity (Wildman–Crippen MR) is 109 cm³/mol. The van der Waals surface area contributed by atoms with Gasteiger partial charge in [0.2, 0.25) is 0 Å². The Bertz CT molecular complexity index is 829. The number of Topliss-reactive ketones (excluding diaryl/α,β-unsaturated/α-hetero) is 1. The number of ketones is 1. The molecule has 0 aliphatic rings. The molecule has 2 aromatic carbocycles. The summed E-state index contributed by atoms with van der Waals surface area (Å²) >= 11 is 5.99. The number of benzene rings is 2. The minimum absolute atomic E-state index is 0.0842. The minimum atomic E-state index is -0.0842. The number of halogens is 1. The summed E-state index contributed by atoms with van der Waals surface area (Å²) in [4.78, 5) is 14.1. The zero-order valence-corrected chi connectivity index (χ0v) is 16.6. The fourth-order valence-corrected chi connectivity index (χ4v) is 2.64. The second kappa shape index (κ2) is 10.0. The molecule has 0 saturated carbocycles. The molecule has 0 aliphatic heterocycles. The molecule has 0 spiro atoms. The van der Waals surface area contributed by atoms with E-state index in [1.54, 1.807) is 24.3 Å². The number of ether oxygens (including phenoxy) is 2. The lowest BCUT2D eigenvalue weighted by atomic mass is 10.1. The third-order valence-electron chi connectivity index (χ3n) is 4.20. The highest BCUT2D eigenvalue weighted by Crippen LogP contribution is 2.26. The van der Waals surface area contributed by atoms with E-state index in [1.807, 2.05) is 37.1 Å². The topological polar surface area (TPSA) is 38.8 Å². The first-order valence-corrected chi connectivity index (χ1v) is 9.07. The van der Waals surface area contributed by atoms with Crippen LogP contribution in [0.1, 0.15) is 29.8 Å². The van der Waals surface area contributed by atoms with Crippen molar-refractivity contribution in [2.75, 3.05) is 20.2 Å². The Hall–Kier alpha value is -2.48. The van der Waals surface area contributed by atoms with Gasteiger partial charge in [0.1, 0.15) is 24.7 Å². The van der Waals surface area contributed by atoms with E-state index in [1.165, 1.54) is 6.92 Å². The highest BCUT2D eigenvalue weighted by molar-refractivity contribution is 6.30. The van der Waals surface area contributed by atoms with Crippen molar-refractivity contribution in [1.29, 1.82) is 0 Å². The number of hydrogen-bond donors (Lipinski definition) is 0. The normalized spacial score (nSPS) is 11.7. The van der Waals surface area contributed by atoms with Crippen molar-refractivity contribution in [2.45, 2.75) is 26.5 Å². The number of carbonyl (C=O) groups is 1. The number of hydrogen-bond acceptors (Lipinski definition) is 4. The smallest absolute Gasteiger partial charge is 0.163 e. The number of terminal acetylenes is 1. The van der Waals surface area contributed by atoms with Crippen molar-refractivity contribution in [1.82, 2.24) is 4.90 Å². The van der Waals surface area contributed by atoms with Crippen LogP contribution < -0.4 is 9.47 Å². The van der Waals surface area contributed by atoms with Gasteiger partial charge in [-0.2, -0.15) is 0 Å². The molecule has 2 aromatic rings. The molecular weight excluding hydrogens is 362 g/mol. The van der Waals surface area contributed by atoms with E-state index in [9.17, 15) is 4.79 Å². The second-order valence-corrected chi connectivity index (χ2v) is 6.85. The zero-order chi connectivity index (χ0) is 19.8. The van der Waals surface area contributed by atoms with Gasteiger partial charge in [0, 0.05) is 11.1 Å². The second-order valence-electron chi connectivity index (χ2n) is 6.41. The summed E-state index contributed by atoms with van der Waals surface area (Å²) in [5, 5.41) is 0.649. The number of likely N-dealkylation sites (N-methyl/N-ethyl adjacent to an activating group) is 1. The molecular formula is C22H24ClNO3. The lowest BCUT2D eigenvalue weighted by Crippen LogP contribution is -2.34. The number of carbonyl (C=O) groups excluding carboxylic acids is 1. The molecule has 0 saturated heterocycles. The average molecular weight is 386 g/mol. The fraction of sp³-hybridized carbons (Fsp3) is 0.318. The molecule has 5 heteroatoms. The Balaban J connectivity index is 2.05. The molecule has 0 radical (unpaired) electrons. The third kappa shape index (κ3) is 6.32. The molecule has 27 heavy (non-hydrogen) atoms. The van der Waals surface area contributed by atoms with Crippen LogP contribution in [0.15, 0.2) is 42.5 Å². The van der Waals surface area contributed by atoms with Crippen molar-refractivity contribution < 1.29 is 14.3 Å². The molecule has 142 valence electrons. The first-order valence-electron chi connectivity index (χ1n) is 8.69. The Morgan fingerprint density at radius 3 is 2.70 bits per heavy atom. The van der Waals surface area contributed by atoms with E-state index in [0.717, 1.165) is 5.56 Å². The van der Waals surface area contributed by atoms with Gasteiger partial charge in [0.25, 0.3) is 0 Å². The molecule has 0 aromatic heterocycles. The van der Waals surface area contributed by atoms with Gasteiger partial charge >= 0.3 is 0 Å². The molecule has 0 N–H and O–H groups in total. The highest BCUT2D eigenvalue weighted by atomic mass is 35.5. The Kier molecular flexibility index (Phi) is 7.72. The van der Waals surface area contributed by atoms with Crippen LogP contribution in [0.25, 0.3) is 0 Å². The van der Waals surface area contributed by atoms with Crippen LogP contribution in [0.4, 0.5) is 0 Å². The van der Waals surface area contributed by atoms with E-state index in [-0.39, 0.29) is 11.8 Å². The van der Waals surface area contributed by atoms with Crippen molar-refractivity contribution in [3.63, 3.8) is 0 Å². The third-order valence-corrected chi connectivity index (χ3v) is 4.43. The molecule has 2 rings (SSSR count). The SMILES string of the molecule is C#CCN(C)C(C)COc1ccc(OCc2cccc(Cl)c2)c(C(C)=O)c1. The summed E-state index contributed by atoms with van der Waals surface area (Å²) in [6, 6.07) is 12.8. The van der Waals surface area contributed by atoms with Gasteiger partial charge in [-0.15, -0.1) is 6.42 Å². The van der Waals surface area contributed by atoms with Crippen molar-refractivity contribution in [3.05, 3.63) is 58.6 Å². The summed E-state index contributed by atoms with van der Waals surface area (Å²) in [7, 11) is 1.95. The van der Waals surface area contributed by atoms with Gasteiger partial charge in [0.15, 0.2) is 5.78 Å². The van der Waals surface area contributed by atoms with E-state index in [0.29, 0.717) is 41.8 Å². The minimum Gasteiger partial charge on any atom is -0.492 e. The molecule has 0 bridgehead atoms. The Labute approximate surface area is 166 Å². The van der Waals surface area contributed by atoms with Crippen molar-refractivity contribution in [3.8, 4) is 23.8 Å². The van der Waals surface area contributed by atoms with Gasteiger partial charge in [0.05, 0.1) is 12.1 Å². The summed E-state index contributed by atoms with van der Waals surface area (Å²) in [5.41, 5.74) is 1.42. The summed E-state index contributed by atoms with van der Waals surface area (Å²) < 4.78 is 11.6. The Morgan fingerprint density at radius 1 is 1.26 bits per heavy atom. The fourth-order valence-electron chi connectivity index (χ4n) is 2.43. The zero-order valence-electron chi connectivity index (χ0n) is 15.9. The maximum Gasteiger partial charge on any atom is 0.163 e. The van der Waals surface area contributed by atoms with Gasteiger partial charge in [-0.1, -0.05) is 29.7 Å². The van der Waals surface area contributed by atoms with Crippen LogP contribution >= 0.6 is 11.6 Å².